The number of H-pyrrole nitrogens is 1. The molecule has 8 nitrogen and oxygen atoms in total. The van der Waals surface area contributed by atoms with Crippen LogP contribution in [-0.4, -0.2) is 81.4 Å². The van der Waals surface area contributed by atoms with Crippen molar-refractivity contribution in [3.8, 4) is 17.1 Å². The highest BCUT2D eigenvalue weighted by Gasteiger charge is 2.57. The van der Waals surface area contributed by atoms with E-state index in [-0.39, 0.29) is 18.9 Å². The number of hydrogen-bond acceptors (Lipinski definition) is 6. The number of halogens is 2. The predicted molar refractivity (Wildman–Crippen MR) is 138 cm³/mol. The molecule has 6 rings (SSSR count). The summed E-state index contributed by atoms with van der Waals surface area (Å²) in [4.78, 5) is 33.8. The highest BCUT2D eigenvalue weighted by atomic mass is 19.3. The van der Waals surface area contributed by atoms with Crippen molar-refractivity contribution in [2.75, 3.05) is 39.8 Å². The maximum Gasteiger partial charge on any atom is 0.270 e. The molecule has 1 saturated heterocycles. The molecule has 1 atom stereocenters. The van der Waals surface area contributed by atoms with Gasteiger partial charge in [0.2, 0.25) is 0 Å². The first-order valence-electron chi connectivity index (χ1n) is 12.7. The van der Waals surface area contributed by atoms with E-state index in [0.717, 1.165) is 42.6 Å². The van der Waals surface area contributed by atoms with Crippen molar-refractivity contribution in [2.24, 2.45) is 5.92 Å². The normalized spacial score (nSPS) is 19.0. The van der Waals surface area contributed by atoms with Crippen molar-refractivity contribution in [3.63, 3.8) is 0 Å². The molecule has 2 aliphatic rings. The van der Waals surface area contributed by atoms with Crippen LogP contribution in [0.4, 0.5) is 8.78 Å². The van der Waals surface area contributed by atoms with Crippen molar-refractivity contribution in [1.82, 2.24) is 29.7 Å². The summed E-state index contributed by atoms with van der Waals surface area (Å²) < 4.78 is 31.9. The lowest BCUT2D eigenvalue weighted by molar-refractivity contribution is 0.0659. The number of nitrogens with zero attached hydrogens (tertiary/aromatic N) is 5. The van der Waals surface area contributed by atoms with Gasteiger partial charge in [-0.25, -0.2) is 18.7 Å². The number of amides is 1. The first kappa shape index (κ1) is 24.4. The first-order chi connectivity index (χ1) is 18.3. The van der Waals surface area contributed by atoms with Crippen LogP contribution >= 0.6 is 0 Å². The van der Waals surface area contributed by atoms with Crippen LogP contribution in [0.25, 0.3) is 22.3 Å². The van der Waals surface area contributed by atoms with Gasteiger partial charge < -0.3 is 19.5 Å². The Labute approximate surface area is 218 Å². The summed E-state index contributed by atoms with van der Waals surface area (Å²) >= 11 is 0. The monoisotopic (exact) mass is 518 g/mol. The minimum absolute atomic E-state index is 0.0181. The fraction of sp³-hybridized carbons (Fsp3) is 0.357. The lowest BCUT2D eigenvalue weighted by atomic mass is 10.1. The molecular formula is C28H28F2N6O2. The van der Waals surface area contributed by atoms with E-state index in [1.807, 2.05) is 29.2 Å². The SMILES string of the molecule is CN1CCN(C(=O)c2cc3cc(Cc4nccc(-c5cc(OCC6CC6(F)F)ccn5)n4)ccc3[nH]2)CC1. The van der Waals surface area contributed by atoms with E-state index in [2.05, 4.69) is 31.9 Å². The second kappa shape index (κ2) is 9.75. The van der Waals surface area contributed by atoms with E-state index in [9.17, 15) is 13.6 Å². The van der Waals surface area contributed by atoms with Gasteiger partial charge in [-0.15, -0.1) is 0 Å². The molecule has 1 aromatic carbocycles. The van der Waals surface area contributed by atoms with E-state index in [4.69, 9.17) is 4.74 Å². The Bertz CT molecular complexity index is 1480. The van der Waals surface area contributed by atoms with Gasteiger partial charge in [-0.2, -0.15) is 0 Å². The number of benzene rings is 1. The summed E-state index contributed by atoms with van der Waals surface area (Å²) in [7, 11) is 2.06. The molecule has 1 aliphatic carbocycles. The summed E-state index contributed by atoms with van der Waals surface area (Å²) in [5, 5.41) is 0.962. The van der Waals surface area contributed by atoms with Crippen LogP contribution in [0.2, 0.25) is 0 Å². The molecular weight excluding hydrogens is 490 g/mol. The summed E-state index contributed by atoms with van der Waals surface area (Å²) in [6.07, 6.45) is 3.64. The molecule has 1 saturated carbocycles. The van der Waals surface area contributed by atoms with E-state index >= 15 is 0 Å². The number of aromatic amines is 1. The van der Waals surface area contributed by atoms with Gasteiger partial charge in [0.25, 0.3) is 11.8 Å². The summed E-state index contributed by atoms with van der Waals surface area (Å²) in [6.45, 7) is 3.19. The number of hydrogen-bond donors (Lipinski definition) is 1. The summed E-state index contributed by atoms with van der Waals surface area (Å²) in [6, 6.07) is 13.0. The summed E-state index contributed by atoms with van der Waals surface area (Å²) in [5.74, 6) is -2.20. The molecule has 4 aromatic rings. The van der Waals surface area contributed by atoms with Gasteiger partial charge in [0.15, 0.2) is 0 Å². The molecule has 2 fully saturated rings. The van der Waals surface area contributed by atoms with Crippen molar-refractivity contribution in [2.45, 2.75) is 18.8 Å². The number of fused-ring (bicyclic) bond motifs is 1. The molecule has 0 radical (unpaired) electrons. The number of nitrogens with one attached hydrogen (secondary N) is 1. The summed E-state index contributed by atoms with van der Waals surface area (Å²) in [5.41, 5.74) is 3.73. The molecule has 1 amide bonds. The van der Waals surface area contributed by atoms with Gasteiger partial charge >= 0.3 is 0 Å². The maximum absolute atomic E-state index is 13.1. The van der Waals surface area contributed by atoms with Crippen LogP contribution in [0.5, 0.6) is 5.75 Å². The van der Waals surface area contributed by atoms with Gasteiger partial charge in [-0.3, -0.25) is 9.78 Å². The topological polar surface area (TPSA) is 87.2 Å². The van der Waals surface area contributed by atoms with Crippen molar-refractivity contribution in [1.29, 1.82) is 0 Å². The number of likely N-dealkylation sites (N-methyl/N-ethyl adjacent to an activating group) is 1. The number of piperazine rings is 1. The molecule has 10 heteroatoms. The quantitative estimate of drug-likeness (QED) is 0.398. The second-order valence-corrected chi connectivity index (χ2v) is 10.1. The average molecular weight is 519 g/mol. The van der Waals surface area contributed by atoms with Crippen LogP contribution in [-0.2, 0) is 6.42 Å². The van der Waals surface area contributed by atoms with Crippen molar-refractivity contribution >= 4 is 16.8 Å². The van der Waals surface area contributed by atoms with Crippen LogP contribution in [0.3, 0.4) is 0 Å². The van der Waals surface area contributed by atoms with Crippen molar-refractivity contribution < 1.29 is 18.3 Å². The molecule has 1 aliphatic heterocycles. The second-order valence-electron chi connectivity index (χ2n) is 10.1. The lowest BCUT2D eigenvalue weighted by Gasteiger charge is -2.32. The third-order valence-electron chi connectivity index (χ3n) is 7.17. The maximum atomic E-state index is 13.1. The Kier molecular flexibility index (Phi) is 6.27. The number of ether oxygens (including phenoxy) is 1. The number of carbonyl (C=O) groups excluding carboxylic acids is 1. The number of alkyl halides is 2. The number of rotatable bonds is 7. The van der Waals surface area contributed by atoms with E-state index in [0.29, 0.717) is 35.1 Å². The highest BCUT2D eigenvalue weighted by Crippen LogP contribution is 2.48. The zero-order valence-electron chi connectivity index (χ0n) is 21.0. The predicted octanol–water partition coefficient (Wildman–Crippen LogP) is 4.03. The van der Waals surface area contributed by atoms with Crippen LogP contribution < -0.4 is 4.74 Å². The van der Waals surface area contributed by atoms with E-state index in [1.54, 1.807) is 30.6 Å². The Hall–Kier alpha value is -3.92. The first-order valence-corrected chi connectivity index (χ1v) is 12.7. The van der Waals surface area contributed by atoms with Gasteiger partial charge in [0.1, 0.15) is 17.3 Å². The van der Waals surface area contributed by atoms with Crippen LogP contribution in [0, 0.1) is 5.92 Å². The van der Waals surface area contributed by atoms with E-state index in [1.165, 1.54) is 0 Å². The average Bonchev–Trinajstić information content (AvgIpc) is 3.32. The van der Waals surface area contributed by atoms with Crippen LogP contribution in [0.1, 0.15) is 28.3 Å². The minimum atomic E-state index is -2.61. The molecule has 38 heavy (non-hydrogen) atoms. The van der Waals surface area contributed by atoms with Crippen LogP contribution in [0.15, 0.2) is 54.9 Å². The van der Waals surface area contributed by atoms with E-state index < -0.39 is 11.8 Å². The minimum Gasteiger partial charge on any atom is -0.493 e. The molecule has 3 aromatic heterocycles. The molecule has 4 heterocycles. The van der Waals surface area contributed by atoms with Gasteiger partial charge in [-0.05, 0) is 42.9 Å². The molecule has 1 unspecified atom stereocenters. The van der Waals surface area contributed by atoms with Gasteiger partial charge in [0.05, 0.1) is 23.9 Å². The fourth-order valence-electron chi connectivity index (χ4n) is 4.68. The van der Waals surface area contributed by atoms with Gasteiger partial charge in [-0.1, -0.05) is 6.07 Å². The Balaban J connectivity index is 1.15. The standard InChI is InChI=1S/C28H28F2N6O2/c1-35-8-10-36(11-9-35)27(37)25-14-19-12-18(2-3-22(19)33-25)13-26-32-7-5-23(34-26)24-15-21(4-6-31-24)38-17-20-16-28(20,29)30/h2-7,12,14-15,20,33H,8-11,13,16-17H2,1H3. The highest BCUT2D eigenvalue weighted by molar-refractivity contribution is 5.98. The Morgan fingerprint density at radius 1 is 1.05 bits per heavy atom. The zero-order valence-corrected chi connectivity index (χ0v) is 21.0. The van der Waals surface area contributed by atoms with Crippen molar-refractivity contribution in [3.05, 3.63) is 71.9 Å². The molecule has 0 bridgehead atoms. The molecule has 0 spiro atoms. The lowest BCUT2D eigenvalue weighted by Crippen LogP contribution is -2.47. The van der Waals surface area contributed by atoms with Gasteiger partial charge in [0, 0.05) is 68.4 Å². The Morgan fingerprint density at radius 2 is 1.84 bits per heavy atom. The molecule has 196 valence electrons. The third-order valence-corrected chi connectivity index (χ3v) is 7.17. The number of pyridine rings is 1. The zero-order chi connectivity index (χ0) is 26.3. The number of aromatic nitrogens is 4. The number of carbonyl (C=O) groups is 1. The third kappa shape index (κ3) is 5.22. The smallest absolute Gasteiger partial charge is 0.270 e. The fourth-order valence-corrected chi connectivity index (χ4v) is 4.68. The largest absolute Gasteiger partial charge is 0.493 e. The Morgan fingerprint density at radius 3 is 2.63 bits per heavy atom. The molecule has 1 N–H and O–H groups in total.